The van der Waals surface area contributed by atoms with Crippen LogP contribution in [0.2, 0.25) is 0 Å². The molecule has 0 aliphatic carbocycles. The molecule has 4 aromatic heterocycles. The number of aryl methyl sites for hydroxylation is 4. The number of carbonyl (C=O) groups excluding carboxylic acids is 2. The molecule has 0 aliphatic heterocycles. The highest BCUT2D eigenvalue weighted by Crippen LogP contribution is 2.44. The average molecular weight is 506 g/mol. The van der Waals surface area contributed by atoms with Crippen LogP contribution < -0.4 is 11.1 Å². The van der Waals surface area contributed by atoms with Crippen LogP contribution in [0.1, 0.15) is 39.4 Å². The van der Waals surface area contributed by atoms with Crippen LogP contribution in [0.4, 0.5) is 18.9 Å². The van der Waals surface area contributed by atoms with Gasteiger partial charge in [-0.3, -0.25) is 19.0 Å². The van der Waals surface area contributed by atoms with Gasteiger partial charge in [-0.1, -0.05) is 0 Å². The van der Waals surface area contributed by atoms with E-state index in [0.717, 1.165) is 17.5 Å². The van der Waals surface area contributed by atoms with Gasteiger partial charge in [-0.15, -0.1) is 11.3 Å². The van der Waals surface area contributed by atoms with Crippen LogP contribution >= 0.6 is 11.3 Å². The molecule has 4 rings (SSSR count). The number of pyridine rings is 1. The summed E-state index contributed by atoms with van der Waals surface area (Å²) in [5.41, 5.74) is 6.96. The van der Waals surface area contributed by atoms with Gasteiger partial charge in [-0.05, 0) is 45.4 Å². The van der Waals surface area contributed by atoms with Crippen molar-refractivity contribution in [3.05, 3.63) is 46.0 Å². The zero-order chi connectivity index (χ0) is 25.7. The summed E-state index contributed by atoms with van der Waals surface area (Å²) in [6.07, 6.45) is -3.11. The second kappa shape index (κ2) is 8.80. The van der Waals surface area contributed by atoms with Crippen molar-refractivity contribution in [2.45, 2.75) is 47.0 Å². The zero-order valence-electron chi connectivity index (χ0n) is 19.3. The monoisotopic (exact) mass is 505 g/mol. The predicted molar refractivity (Wildman–Crippen MR) is 125 cm³/mol. The van der Waals surface area contributed by atoms with Gasteiger partial charge in [0, 0.05) is 29.4 Å². The molecule has 0 atom stereocenters. The maximum atomic E-state index is 13.7. The second-order valence-electron chi connectivity index (χ2n) is 8.02. The first-order valence-electron chi connectivity index (χ1n) is 10.6. The molecule has 0 saturated heterocycles. The van der Waals surface area contributed by atoms with E-state index >= 15 is 0 Å². The molecular formula is C22H22F3N7O2S. The number of nitrogens with one attached hydrogen (secondary N) is 1. The molecular weight excluding hydrogens is 483 g/mol. The lowest BCUT2D eigenvalue weighted by atomic mass is 10.0. The fourth-order valence-electron chi connectivity index (χ4n) is 3.84. The molecule has 0 fully saturated rings. The van der Waals surface area contributed by atoms with Crippen LogP contribution in [0.3, 0.4) is 0 Å². The maximum Gasteiger partial charge on any atom is 0.433 e. The fourth-order valence-corrected chi connectivity index (χ4v) is 4.85. The van der Waals surface area contributed by atoms with E-state index in [2.05, 4.69) is 20.5 Å². The van der Waals surface area contributed by atoms with E-state index in [1.54, 1.807) is 37.7 Å². The summed E-state index contributed by atoms with van der Waals surface area (Å²) in [6, 6.07) is 2.71. The summed E-state index contributed by atoms with van der Waals surface area (Å²) in [5, 5.41) is 11.4. The van der Waals surface area contributed by atoms with E-state index in [4.69, 9.17) is 5.73 Å². The highest BCUT2D eigenvalue weighted by atomic mass is 32.1. The Morgan fingerprint density at radius 1 is 1.14 bits per heavy atom. The second-order valence-corrected chi connectivity index (χ2v) is 9.02. The first-order chi connectivity index (χ1) is 16.4. The number of amides is 2. The quantitative estimate of drug-likeness (QED) is 0.409. The average Bonchev–Trinajstić information content (AvgIpc) is 3.41. The van der Waals surface area contributed by atoms with E-state index in [1.807, 2.05) is 6.92 Å². The van der Waals surface area contributed by atoms with Gasteiger partial charge in [0.2, 0.25) is 5.91 Å². The van der Waals surface area contributed by atoms with Crippen molar-refractivity contribution in [1.29, 1.82) is 0 Å². The van der Waals surface area contributed by atoms with Crippen LogP contribution in [-0.4, -0.2) is 36.4 Å². The van der Waals surface area contributed by atoms with Gasteiger partial charge in [-0.25, -0.2) is 4.98 Å². The molecule has 0 bridgehead atoms. The van der Waals surface area contributed by atoms with Crippen molar-refractivity contribution in [3.63, 3.8) is 0 Å². The Bertz CT molecular complexity index is 1470. The third-order valence-corrected chi connectivity index (χ3v) is 6.50. The van der Waals surface area contributed by atoms with E-state index in [-0.39, 0.29) is 32.9 Å². The molecule has 4 aromatic rings. The van der Waals surface area contributed by atoms with Gasteiger partial charge >= 0.3 is 6.18 Å². The van der Waals surface area contributed by atoms with Crippen molar-refractivity contribution < 1.29 is 22.8 Å². The number of hydrogen-bond acceptors (Lipinski definition) is 6. The molecule has 9 nitrogen and oxygen atoms in total. The molecule has 0 unspecified atom stereocenters. The molecule has 35 heavy (non-hydrogen) atoms. The number of primary amides is 1. The first-order valence-corrected chi connectivity index (χ1v) is 11.4. The summed E-state index contributed by atoms with van der Waals surface area (Å²) >= 11 is 0.695. The van der Waals surface area contributed by atoms with Crippen molar-refractivity contribution in [2.24, 2.45) is 5.73 Å². The SMILES string of the molecule is CCn1cc(-c2cc(C(F)(F)F)nc3sc(C(N)=O)c(NC(=O)Cn4nc(C)cc4C)c23)c(C)n1. The van der Waals surface area contributed by atoms with Crippen LogP contribution in [-0.2, 0) is 24.1 Å². The minimum atomic E-state index is -4.73. The number of nitrogens with zero attached hydrogens (tertiary/aromatic N) is 5. The zero-order valence-corrected chi connectivity index (χ0v) is 20.1. The number of nitrogens with two attached hydrogens (primary N) is 1. The topological polar surface area (TPSA) is 121 Å². The van der Waals surface area contributed by atoms with Gasteiger partial charge in [0.1, 0.15) is 21.9 Å². The predicted octanol–water partition coefficient (Wildman–Crippen LogP) is 4.06. The van der Waals surface area contributed by atoms with E-state index in [9.17, 15) is 22.8 Å². The number of fused-ring (bicyclic) bond motifs is 1. The number of aromatic nitrogens is 5. The Hall–Kier alpha value is -3.74. The molecule has 3 N–H and O–H groups in total. The third-order valence-electron chi connectivity index (χ3n) is 5.40. The highest BCUT2D eigenvalue weighted by Gasteiger charge is 2.35. The number of alkyl halides is 3. The Labute approximate surface area is 201 Å². The van der Waals surface area contributed by atoms with Crippen molar-refractivity contribution in [2.75, 3.05) is 5.32 Å². The fraction of sp³-hybridized carbons (Fsp3) is 0.318. The van der Waals surface area contributed by atoms with E-state index < -0.39 is 23.7 Å². The van der Waals surface area contributed by atoms with Gasteiger partial charge < -0.3 is 11.1 Å². The number of anilines is 1. The highest BCUT2D eigenvalue weighted by molar-refractivity contribution is 7.21. The molecule has 13 heteroatoms. The largest absolute Gasteiger partial charge is 0.433 e. The van der Waals surface area contributed by atoms with Gasteiger partial charge in [-0.2, -0.15) is 23.4 Å². The van der Waals surface area contributed by atoms with Gasteiger partial charge in [0.15, 0.2) is 0 Å². The molecule has 0 aliphatic rings. The maximum absolute atomic E-state index is 13.7. The lowest BCUT2D eigenvalue weighted by Gasteiger charge is -2.12. The molecule has 4 heterocycles. The molecule has 0 aromatic carbocycles. The Morgan fingerprint density at radius 3 is 2.40 bits per heavy atom. The number of halogens is 3. The molecule has 0 spiro atoms. The summed E-state index contributed by atoms with van der Waals surface area (Å²) < 4.78 is 44.2. The molecule has 0 saturated carbocycles. The van der Waals surface area contributed by atoms with Crippen molar-refractivity contribution in [1.82, 2.24) is 24.5 Å². The van der Waals surface area contributed by atoms with Crippen LogP contribution in [0.15, 0.2) is 18.3 Å². The molecule has 2 amide bonds. The number of hydrogen-bond donors (Lipinski definition) is 2. The Morgan fingerprint density at radius 2 is 1.86 bits per heavy atom. The lowest BCUT2D eigenvalue weighted by molar-refractivity contribution is -0.140. The minimum Gasteiger partial charge on any atom is -0.365 e. The number of rotatable bonds is 6. The van der Waals surface area contributed by atoms with E-state index in [1.165, 1.54) is 4.68 Å². The summed E-state index contributed by atoms with van der Waals surface area (Å²) in [4.78, 5) is 28.7. The number of carbonyl (C=O) groups is 2. The number of thiophene rings is 1. The molecule has 0 radical (unpaired) electrons. The third kappa shape index (κ3) is 4.63. The molecule has 184 valence electrons. The Kier molecular flexibility index (Phi) is 6.13. The Balaban J connectivity index is 1.92. The standard InChI is InChI=1S/C22H22F3N7O2S/c1-5-31-8-14(12(4)30-31)13-7-15(22(23,24)25)27-21-17(13)18(19(35-21)20(26)34)28-16(33)9-32-11(3)6-10(2)29-32/h6-8H,5,9H2,1-4H3,(H2,26,34)(H,28,33). The summed E-state index contributed by atoms with van der Waals surface area (Å²) in [5.74, 6) is -1.42. The smallest absolute Gasteiger partial charge is 0.365 e. The summed E-state index contributed by atoms with van der Waals surface area (Å²) in [7, 11) is 0. The first kappa shape index (κ1) is 24.4. The van der Waals surface area contributed by atoms with E-state index in [0.29, 0.717) is 29.1 Å². The minimum absolute atomic E-state index is 0.0175. The van der Waals surface area contributed by atoms with Crippen LogP contribution in [0.25, 0.3) is 21.3 Å². The normalized spacial score (nSPS) is 11.9. The lowest BCUT2D eigenvalue weighted by Crippen LogP contribution is -2.22. The van der Waals surface area contributed by atoms with Crippen LogP contribution in [0.5, 0.6) is 0 Å². The summed E-state index contributed by atoms with van der Waals surface area (Å²) in [6.45, 7) is 7.43. The van der Waals surface area contributed by atoms with Gasteiger partial charge in [0.25, 0.3) is 5.91 Å². The van der Waals surface area contributed by atoms with Crippen LogP contribution in [0, 0.1) is 20.8 Å². The van der Waals surface area contributed by atoms with Gasteiger partial charge in [0.05, 0.1) is 17.1 Å². The van der Waals surface area contributed by atoms with Crippen molar-refractivity contribution in [3.8, 4) is 11.1 Å². The van der Waals surface area contributed by atoms with Crippen molar-refractivity contribution >= 4 is 39.1 Å².